The Labute approximate surface area is 109 Å². The normalized spacial score (nSPS) is 23.3. The molecule has 1 aliphatic heterocycles. The summed E-state index contributed by atoms with van der Waals surface area (Å²) in [5, 5.41) is 15.3. The largest absolute Gasteiger partial charge is 0.544 e. The van der Waals surface area contributed by atoms with Gasteiger partial charge in [-0.15, -0.1) is 0 Å². The summed E-state index contributed by atoms with van der Waals surface area (Å²) in [5.74, 6) is -0.360. The molecule has 0 radical (unpaired) electrons. The average Bonchev–Trinajstić information content (AvgIpc) is 2.87. The summed E-state index contributed by atoms with van der Waals surface area (Å²) < 4.78 is 0. The molecule has 3 rings (SSSR count). The van der Waals surface area contributed by atoms with Gasteiger partial charge >= 0.3 is 0 Å². The number of hydrogen-bond donors (Lipinski definition) is 1. The van der Waals surface area contributed by atoms with Gasteiger partial charge in [-0.2, -0.15) is 0 Å². The molecular weight excluding hydrogens is 246 g/mol. The van der Waals surface area contributed by atoms with E-state index in [2.05, 4.69) is 24.3 Å². The van der Waals surface area contributed by atoms with Gasteiger partial charge < -0.3 is 15.2 Å². The van der Waals surface area contributed by atoms with Gasteiger partial charge in [0.1, 0.15) is 12.0 Å². The van der Waals surface area contributed by atoms with Crippen LogP contribution >= 0.6 is 11.8 Å². The first-order valence-corrected chi connectivity index (χ1v) is 6.96. The molecule has 0 spiro atoms. The molecule has 18 heavy (non-hydrogen) atoms. The number of carbonyl (C=O) groups is 1. The van der Waals surface area contributed by atoms with Crippen LogP contribution in [-0.2, 0) is 4.79 Å². The van der Waals surface area contributed by atoms with Gasteiger partial charge in [0.2, 0.25) is 0 Å². The van der Waals surface area contributed by atoms with Crippen molar-refractivity contribution in [3.05, 3.63) is 48.0 Å². The minimum atomic E-state index is -0.967. The summed E-state index contributed by atoms with van der Waals surface area (Å²) in [6.45, 7) is 0. The Morgan fingerprint density at radius 1 is 1.22 bits per heavy atom. The predicted octanol–water partition coefficient (Wildman–Crippen LogP) is 0.267. The topological polar surface area (TPSA) is 56.7 Å². The summed E-state index contributed by atoms with van der Waals surface area (Å²) >= 11 is 1.67. The lowest BCUT2D eigenvalue weighted by Crippen LogP contribution is -2.90. The van der Waals surface area contributed by atoms with E-state index in [9.17, 15) is 9.90 Å². The van der Waals surface area contributed by atoms with Crippen molar-refractivity contribution < 1.29 is 15.2 Å². The van der Waals surface area contributed by atoms with Crippen LogP contribution < -0.4 is 10.4 Å². The molecule has 0 saturated carbocycles. The van der Waals surface area contributed by atoms with Crippen LogP contribution in [0.15, 0.2) is 42.5 Å². The van der Waals surface area contributed by atoms with Crippen molar-refractivity contribution in [2.24, 2.45) is 0 Å². The van der Waals surface area contributed by atoms with Crippen molar-refractivity contribution in [2.45, 2.75) is 11.4 Å². The molecule has 1 fully saturated rings. The summed E-state index contributed by atoms with van der Waals surface area (Å²) in [6.07, 6.45) is 0. The number of fused-ring (bicyclic) bond motifs is 1. The predicted molar refractivity (Wildman–Crippen MR) is 69.9 cm³/mol. The Morgan fingerprint density at radius 3 is 2.78 bits per heavy atom. The molecule has 2 aromatic carbocycles. The number of carboxylic acids is 1. The van der Waals surface area contributed by atoms with Crippen LogP contribution in [0.25, 0.3) is 10.8 Å². The summed E-state index contributed by atoms with van der Waals surface area (Å²) in [6, 6.07) is 13.9. The fraction of sp³-hybridized carbons (Fsp3) is 0.214. The average molecular weight is 259 g/mol. The van der Waals surface area contributed by atoms with Crippen LogP contribution in [0.1, 0.15) is 10.9 Å². The lowest BCUT2D eigenvalue weighted by Gasteiger charge is -2.13. The molecule has 2 atom stereocenters. The van der Waals surface area contributed by atoms with Gasteiger partial charge in [0.15, 0.2) is 5.37 Å². The second kappa shape index (κ2) is 4.63. The van der Waals surface area contributed by atoms with E-state index in [-0.39, 0.29) is 5.37 Å². The number of thioether (sulfide) groups is 1. The number of quaternary nitrogens is 1. The SMILES string of the molecule is O=C([O-])[C@@H]1CS[C@H](c2cccc3ccccc23)[NH2+]1. The molecule has 1 heterocycles. The van der Waals surface area contributed by atoms with Crippen LogP contribution in [0, 0.1) is 0 Å². The molecule has 0 bridgehead atoms. The van der Waals surface area contributed by atoms with Gasteiger partial charge in [0.05, 0.1) is 5.75 Å². The second-order valence-corrected chi connectivity index (χ2v) is 5.61. The van der Waals surface area contributed by atoms with E-state index in [1.54, 1.807) is 11.8 Å². The van der Waals surface area contributed by atoms with Crippen LogP contribution in [0.3, 0.4) is 0 Å². The quantitative estimate of drug-likeness (QED) is 0.842. The molecule has 3 nitrogen and oxygen atoms in total. The summed E-state index contributed by atoms with van der Waals surface area (Å²) in [7, 11) is 0. The first kappa shape index (κ1) is 11.6. The Balaban J connectivity index is 1.98. The van der Waals surface area contributed by atoms with Crippen LogP contribution in [-0.4, -0.2) is 17.8 Å². The number of carboxylic acid groups (broad SMARTS) is 1. The Kier molecular flexibility index (Phi) is 2.97. The molecule has 2 aromatic rings. The van der Waals surface area contributed by atoms with Crippen molar-refractivity contribution in [1.29, 1.82) is 0 Å². The number of benzene rings is 2. The van der Waals surface area contributed by atoms with E-state index >= 15 is 0 Å². The molecule has 92 valence electrons. The van der Waals surface area contributed by atoms with Crippen LogP contribution in [0.5, 0.6) is 0 Å². The van der Waals surface area contributed by atoms with E-state index < -0.39 is 12.0 Å². The Bertz CT molecular complexity index is 594. The molecule has 1 aliphatic rings. The summed E-state index contributed by atoms with van der Waals surface area (Å²) in [4.78, 5) is 10.9. The molecule has 0 aromatic heterocycles. The summed E-state index contributed by atoms with van der Waals surface area (Å²) in [5.41, 5.74) is 1.20. The Morgan fingerprint density at radius 2 is 2.00 bits per heavy atom. The third-order valence-electron chi connectivity index (χ3n) is 3.30. The highest BCUT2D eigenvalue weighted by molar-refractivity contribution is 7.99. The van der Waals surface area contributed by atoms with Gasteiger partial charge in [-0.3, -0.25) is 0 Å². The van der Waals surface area contributed by atoms with E-state index in [1.165, 1.54) is 16.3 Å². The highest BCUT2D eigenvalue weighted by Crippen LogP contribution is 2.31. The van der Waals surface area contributed by atoms with Gasteiger partial charge in [-0.1, -0.05) is 54.2 Å². The number of nitrogens with two attached hydrogens (primary N) is 1. The second-order valence-electron chi connectivity index (χ2n) is 4.44. The molecule has 4 heteroatoms. The van der Waals surface area contributed by atoms with Crippen LogP contribution in [0.2, 0.25) is 0 Å². The fourth-order valence-electron chi connectivity index (χ4n) is 2.37. The van der Waals surface area contributed by atoms with Gasteiger partial charge in [-0.25, -0.2) is 0 Å². The van der Waals surface area contributed by atoms with E-state index in [1.807, 2.05) is 23.5 Å². The third-order valence-corrected chi connectivity index (χ3v) is 4.62. The van der Waals surface area contributed by atoms with Crippen molar-refractivity contribution >= 4 is 28.5 Å². The molecule has 0 aliphatic carbocycles. The first-order chi connectivity index (χ1) is 8.75. The fourth-order valence-corrected chi connectivity index (χ4v) is 3.72. The maximum absolute atomic E-state index is 10.9. The smallest absolute Gasteiger partial charge is 0.160 e. The van der Waals surface area contributed by atoms with Crippen molar-refractivity contribution in [1.82, 2.24) is 0 Å². The lowest BCUT2D eigenvalue weighted by molar-refractivity contribution is -0.690. The van der Waals surface area contributed by atoms with E-state index in [4.69, 9.17) is 0 Å². The van der Waals surface area contributed by atoms with Gasteiger partial charge in [0.25, 0.3) is 0 Å². The zero-order valence-corrected chi connectivity index (χ0v) is 10.5. The standard InChI is InChI=1S/C14H13NO2S/c16-14(17)12-8-18-13(15-12)11-7-3-5-9-4-1-2-6-10(9)11/h1-7,12-13,15H,8H2,(H,16,17)/t12-,13+/m0/s1. The minimum Gasteiger partial charge on any atom is -0.544 e. The molecular formula is C14H13NO2S. The highest BCUT2D eigenvalue weighted by atomic mass is 32.2. The van der Waals surface area contributed by atoms with Crippen LogP contribution in [0.4, 0.5) is 0 Å². The maximum atomic E-state index is 10.9. The minimum absolute atomic E-state index is 0.152. The Hall–Kier alpha value is -1.52. The van der Waals surface area contributed by atoms with Gasteiger partial charge in [0, 0.05) is 5.56 Å². The van der Waals surface area contributed by atoms with Crippen molar-refractivity contribution in [3.8, 4) is 0 Å². The van der Waals surface area contributed by atoms with E-state index in [0.29, 0.717) is 5.75 Å². The molecule has 0 unspecified atom stereocenters. The molecule has 1 saturated heterocycles. The molecule has 0 amide bonds. The monoisotopic (exact) mass is 259 g/mol. The van der Waals surface area contributed by atoms with E-state index in [0.717, 1.165) is 0 Å². The lowest BCUT2D eigenvalue weighted by atomic mass is 10.0. The van der Waals surface area contributed by atoms with Crippen molar-refractivity contribution in [3.63, 3.8) is 0 Å². The molecule has 2 N–H and O–H groups in total. The number of carbonyl (C=O) groups excluding carboxylic acids is 1. The number of aliphatic carboxylic acids is 1. The van der Waals surface area contributed by atoms with Crippen molar-refractivity contribution in [2.75, 3.05) is 5.75 Å². The highest BCUT2D eigenvalue weighted by Gasteiger charge is 2.31. The third kappa shape index (κ3) is 1.98. The maximum Gasteiger partial charge on any atom is 0.160 e. The zero-order valence-electron chi connectivity index (χ0n) is 9.71. The zero-order chi connectivity index (χ0) is 12.5. The number of rotatable bonds is 2. The number of hydrogen-bond acceptors (Lipinski definition) is 3. The first-order valence-electron chi connectivity index (χ1n) is 5.91. The van der Waals surface area contributed by atoms with Gasteiger partial charge in [-0.05, 0) is 10.8 Å².